The first-order valence-corrected chi connectivity index (χ1v) is 9.33. The molecular formula is C25H19N3. The van der Waals surface area contributed by atoms with Crippen LogP contribution >= 0.6 is 0 Å². The van der Waals surface area contributed by atoms with Crippen molar-refractivity contribution in [2.24, 2.45) is 0 Å². The van der Waals surface area contributed by atoms with E-state index in [0.717, 1.165) is 28.1 Å². The van der Waals surface area contributed by atoms with Gasteiger partial charge in [-0.05, 0) is 47.5 Å². The monoisotopic (exact) mass is 361 g/mol. The quantitative estimate of drug-likeness (QED) is 0.353. The molecule has 28 heavy (non-hydrogen) atoms. The summed E-state index contributed by atoms with van der Waals surface area (Å²) in [5.41, 5.74) is 5.37. The first-order chi connectivity index (χ1) is 13.8. The van der Waals surface area contributed by atoms with Gasteiger partial charge < -0.3 is 10.3 Å². The van der Waals surface area contributed by atoms with Gasteiger partial charge in [0.25, 0.3) is 0 Å². The maximum atomic E-state index is 4.75. The molecule has 3 aromatic carbocycles. The molecule has 2 heterocycles. The molecule has 5 aromatic rings. The summed E-state index contributed by atoms with van der Waals surface area (Å²) in [5.74, 6) is 0.828. The van der Waals surface area contributed by atoms with Crippen molar-refractivity contribution in [3.05, 3.63) is 102 Å². The van der Waals surface area contributed by atoms with Gasteiger partial charge in [0, 0.05) is 22.0 Å². The van der Waals surface area contributed by atoms with E-state index in [2.05, 4.69) is 71.0 Å². The van der Waals surface area contributed by atoms with Crippen LogP contribution in [0.5, 0.6) is 0 Å². The Morgan fingerprint density at radius 3 is 2.25 bits per heavy atom. The second-order valence-corrected chi connectivity index (χ2v) is 6.76. The van der Waals surface area contributed by atoms with E-state index in [9.17, 15) is 0 Å². The third-order valence-corrected chi connectivity index (χ3v) is 4.80. The number of rotatable bonds is 4. The number of anilines is 2. The zero-order valence-corrected chi connectivity index (χ0v) is 15.3. The summed E-state index contributed by atoms with van der Waals surface area (Å²) in [6.07, 6.45) is 4.28. The highest BCUT2D eigenvalue weighted by atomic mass is 15.0. The van der Waals surface area contributed by atoms with Crippen molar-refractivity contribution >= 4 is 45.6 Å². The largest absolute Gasteiger partial charge is 0.340 e. The summed E-state index contributed by atoms with van der Waals surface area (Å²) in [7, 11) is 0. The predicted octanol–water partition coefficient (Wildman–Crippen LogP) is 6.63. The van der Waals surface area contributed by atoms with Gasteiger partial charge in [0.1, 0.15) is 11.5 Å². The van der Waals surface area contributed by atoms with Crippen LogP contribution in [-0.2, 0) is 0 Å². The molecule has 3 heteroatoms. The number of para-hydroxylation sites is 1. The third-order valence-electron chi connectivity index (χ3n) is 4.80. The molecule has 0 atom stereocenters. The Balaban J connectivity index is 1.49. The maximum absolute atomic E-state index is 4.75. The van der Waals surface area contributed by atoms with Gasteiger partial charge >= 0.3 is 0 Å². The van der Waals surface area contributed by atoms with Crippen LogP contribution in [0.25, 0.3) is 34.1 Å². The fourth-order valence-corrected chi connectivity index (χ4v) is 3.39. The second-order valence-electron chi connectivity index (χ2n) is 6.76. The van der Waals surface area contributed by atoms with Gasteiger partial charge in [0.05, 0.1) is 0 Å². The number of aromatic nitrogens is 2. The first-order valence-electron chi connectivity index (χ1n) is 9.33. The molecule has 134 valence electrons. The Bertz CT molecular complexity index is 1270. The van der Waals surface area contributed by atoms with Gasteiger partial charge in [0.15, 0.2) is 0 Å². The van der Waals surface area contributed by atoms with Crippen molar-refractivity contribution in [1.82, 2.24) is 9.97 Å². The molecule has 5 rings (SSSR count). The number of pyridine rings is 1. The second kappa shape index (κ2) is 7.05. The maximum Gasteiger partial charge on any atom is 0.140 e. The molecule has 0 saturated carbocycles. The van der Waals surface area contributed by atoms with Crippen LogP contribution in [0.2, 0.25) is 0 Å². The Morgan fingerprint density at radius 1 is 0.679 bits per heavy atom. The molecule has 0 bridgehead atoms. The topological polar surface area (TPSA) is 40.7 Å². The summed E-state index contributed by atoms with van der Waals surface area (Å²) in [6.45, 7) is 0. The number of benzene rings is 3. The van der Waals surface area contributed by atoms with Crippen molar-refractivity contribution in [2.75, 3.05) is 5.32 Å². The minimum atomic E-state index is 0.828. The van der Waals surface area contributed by atoms with Gasteiger partial charge in [-0.3, -0.25) is 0 Å². The average Bonchev–Trinajstić information content (AvgIpc) is 3.11. The van der Waals surface area contributed by atoms with Crippen molar-refractivity contribution < 1.29 is 0 Å². The van der Waals surface area contributed by atoms with Gasteiger partial charge in [-0.25, -0.2) is 4.98 Å². The number of fused-ring (bicyclic) bond motifs is 3. The zero-order valence-electron chi connectivity index (χ0n) is 15.3. The number of hydrogen-bond acceptors (Lipinski definition) is 2. The molecule has 0 spiro atoms. The highest BCUT2D eigenvalue weighted by Crippen LogP contribution is 2.27. The van der Waals surface area contributed by atoms with E-state index in [1.807, 2.05) is 42.5 Å². The summed E-state index contributed by atoms with van der Waals surface area (Å²) in [5, 5.41) is 5.66. The van der Waals surface area contributed by atoms with Crippen LogP contribution in [0.1, 0.15) is 11.1 Å². The molecule has 0 aliphatic carbocycles. The molecule has 0 radical (unpaired) electrons. The third kappa shape index (κ3) is 3.26. The van der Waals surface area contributed by atoms with E-state index in [0.29, 0.717) is 0 Å². The van der Waals surface area contributed by atoms with E-state index in [1.54, 1.807) is 0 Å². The smallest absolute Gasteiger partial charge is 0.140 e. The summed E-state index contributed by atoms with van der Waals surface area (Å²) in [6, 6.07) is 31.0. The van der Waals surface area contributed by atoms with E-state index in [4.69, 9.17) is 4.98 Å². The molecule has 0 fully saturated rings. The number of H-pyrrole nitrogens is 1. The Kier molecular flexibility index (Phi) is 4.11. The molecular weight excluding hydrogens is 342 g/mol. The molecule has 0 saturated heterocycles. The van der Waals surface area contributed by atoms with Crippen LogP contribution in [0.3, 0.4) is 0 Å². The fraction of sp³-hybridized carbons (Fsp3) is 0. The number of hydrogen-bond donors (Lipinski definition) is 2. The Morgan fingerprint density at radius 2 is 1.43 bits per heavy atom. The van der Waals surface area contributed by atoms with Crippen molar-refractivity contribution in [3.8, 4) is 0 Å². The lowest BCUT2D eigenvalue weighted by atomic mass is 10.1. The van der Waals surface area contributed by atoms with Gasteiger partial charge in [-0.1, -0.05) is 66.7 Å². The number of nitrogens with zero attached hydrogens (tertiary/aromatic N) is 1. The van der Waals surface area contributed by atoms with Gasteiger partial charge in [-0.15, -0.1) is 0 Å². The molecule has 0 aliphatic rings. The van der Waals surface area contributed by atoms with Crippen LogP contribution in [0.15, 0.2) is 91.0 Å². The molecule has 2 N–H and O–H groups in total. The first kappa shape index (κ1) is 16.3. The lowest BCUT2D eigenvalue weighted by molar-refractivity contribution is 1.33. The summed E-state index contributed by atoms with van der Waals surface area (Å²) >= 11 is 0. The van der Waals surface area contributed by atoms with Crippen molar-refractivity contribution in [3.63, 3.8) is 0 Å². The minimum absolute atomic E-state index is 0.828. The average molecular weight is 361 g/mol. The normalized spacial score (nSPS) is 11.4. The molecule has 3 nitrogen and oxygen atoms in total. The van der Waals surface area contributed by atoms with Crippen molar-refractivity contribution in [2.45, 2.75) is 0 Å². The van der Waals surface area contributed by atoms with E-state index >= 15 is 0 Å². The minimum Gasteiger partial charge on any atom is -0.340 e. The summed E-state index contributed by atoms with van der Waals surface area (Å²) < 4.78 is 0. The Hall–Kier alpha value is -3.85. The van der Waals surface area contributed by atoms with E-state index in [-0.39, 0.29) is 0 Å². The molecule has 0 unspecified atom stereocenters. The number of nitrogens with one attached hydrogen (secondary N) is 2. The molecule has 0 aliphatic heterocycles. The SMILES string of the molecule is C(=C\c1ccc2[nH]c3nc(Nc4ccccc4)ccc3c2c1)/c1ccccc1. The van der Waals surface area contributed by atoms with Crippen LogP contribution in [-0.4, -0.2) is 9.97 Å². The van der Waals surface area contributed by atoms with Crippen molar-refractivity contribution in [1.29, 1.82) is 0 Å². The number of aromatic amines is 1. The van der Waals surface area contributed by atoms with Crippen LogP contribution in [0.4, 0.5) is 11.5 Å². The van der Waals surface area contributed by atoms with Gasteiger partial charge in [0.2, 0.25) is 0 Å². The lowest BCUT2D eigenvalue weighted by Crippen LogP contribution is -1.92. The highest BCUT2D eigenvalue weighted by Gasteiger charge is 2.07. The zero-order chi connectivity index (χ0) is 18.8. The van der Waals surface area contributed by atoms with Crippen LogP contribution in [0, 0.1) is 0 Å². The molecule has 0 amide bonds. The Labute approximate surface area is 163 Å². The molecule has 2 aromatic heterocycles. The van der Waals surface area contributed by atoms with Gasteiger partial charge in [-0.2, -0.15) is 0 Å². The van der Waals surface area contributed by atoms with E-state index in [1.165, 1.54) is 16.5 Å². The highest BCUT2D eigenvalue weighted by molar-refractivity contribution is 6.07. The summed E-state index contributed by atoms with van der Waals surface area (Å²) in [4.78, 5) is 8.18. The fourth-order valence-electron chi connectivity index (χ4n) is 3.39. The lowest BCUT2D eigenvalue weighted by Gasteiger charge is -2.04. The van der Waals surface area contributed by atoms with Crippen LogP contribution < -0.4 is 5.32 Å². The predicted molar refractivity (Wildman–Crippen MR) is 119 cm³/mol. The van der Waals surface area contributed by atoms with E-state index < -0.39 is 0 Å². The standard InChI is InChI=1S/C25H19N3/c1-3-7-18(8-4-1)11-12-19-13-15-23-22(17-19)21-14-16-24(28-25(21)27-23)26-20-9-5-2-6-10-20/h1-17H,(H2,26,27,28)/b12-11+.